The summed E-state index contributed by atoms with van der Waals surface area (Å²) in [5, 5.41) is 1.96. The highest BCUT2D eigenvalue weighted by atomic mass is 79.9. The standard InChI is InChI=1S/C12H14BrNO3S/c13-10-7-9(8-18-10)4-5-11(15)14-17-12-3-1-2-6-16-12/h4-5,7-8,12H,1-3,6H2,(H,14,15)/b5-4-/t12-/m0/s1. The lowest BCUT2D eigenvalue weighted by atomic mass is 10.2. The van der Waals surface area contributed by atoms with E-state index in [1.807, 2.05) is 11.4 Å². The molecular formula is C12H14BrNO3S. The zero-order valence-electron chi connectivity index (χ0n) is 9.73. The van der Waals surface area contributed by atoms with Crippen LogP contribution < -0.4 is 5.48 Å². The second-order valence-electron chi connectivity index (χ2n) is 3.90. The third-order valence-electron chi connectivity index (χ3n) is 2.44. The Morgan fingerprint density at radius 1 is 1.61 bits per heavy atom. The summed E-state index contributed by atoms with van der Waals surface area (Å²) in [5.74, 6) is -0.286. The summed E-state index contributed by atoms with van der Waals surface area (Å²) in [4.78, 5) is 16.6. The van der Waals surface area contributed by atoms with Crippen LogP contribution in [0.15, 0.2) is 21.3 Å². The predicted molar refractivity (Wildman–Crippen MR) is 73.9 cm³/mol. The number of carbonyl (C=O) groups is 1. The average Bonchev–Trinajstić information content (AvgIpc) is 2.81. The molecule has 98 valence electrons. The van der Waals surface area contributed by atoms with Gasteiger partial charge in [-0.3, -0.25) is 4.79 Å². The summed E-state index contributed by atoms with van der Waals surface area (Å²) in [6.45, 7) is 0.694. The van der Waals surface area contributed by atoms with E-state index >= 15 is 0 Å². The van der Waals surface area contributed by atoms with Crippen molar-refractivity contribution in [1.82, 2.24) is 5.48 Å². The van der Waals surface area contributed by atoms with Gasteiger partial charge in [0.15, 0.2) is 6.29 Å². The summed E-state index contributed by atoms with van der Waals surface area (Å²) >= 11 is 4.94. The van der Waals surface area contributed by atoms with Gasteiger partial charge in [0.25, 0.3) is 5.91 Å². The Balaban J connectivity index is 1.73. The highest BCUT2D eigenvalue weighted by Gasteiger charge is 2.14. The van der Waals surface area contributed by atoms with Crippen LogP contribution in [-0.4, -0.2) is 18.8 Å². The maximum absolute atomic E-state index is 11.5. The Morgan fingerprint density at radius 3 is 3.17 bits per heavy atom. The van der Waals surface area contributed by atoms with Crippen molar-refractivity contribution in [3.8, 4) is 0 Å². The van der Waals surface area contributed by atoms with Crippen LogP contribution in [0.5, 0.6) is 0 Å². The number of rotatable bonds is 4. The molecule has 1 aromatic heterocycles. The van der Waals surface area contributed by atoms with Crippen molar-refractivity contribution in [2.75, 3.05) is 6.61 Å². The molecule has 0 aromatic carbocycles. The van der Waals surface area contributed by atoms with Crippen LogP contribution in [0.1, 0.15) is 24.8 Å². The molecule has 1 aromatic rings. The Labute approximate surface area is 118 Å². The Morgan fingerprint density at radius 2 is 2.50 bits per heavy atom. The number of hydrogen-bond acceptors (Lipinski definition) is 4. The highest BCUT2D eigenvalue weighted by Crippen LogP contribution is 2.21. The molecule has 0 saturated carbocycles. The molecule has 1 amide bonds. The zero-order chi connectivity index (χ0) is 12.8. The van der Waals surface area contributed by atoms with Crippen molar-refractivity contribution in [3.63, 3.8) is 0 Å². The molecule has 1 saturated heterocycles. The predicted octanol–water partition coefficient (Wildman–Crippen LogP) is 3.10. The maximum atomic E-state index is 11.5. The average molecular weight is 332 g/mol. The van der Waals surface area contributed by atoms with Crippen molar-refractivity contribution in [3.05, 3.63) is 26.9 Å². The summed E-state index contributed by atoms with van der Waals surface area (Å²) in [7, 11) is 0. The van der Waals surface area contributed by atoms with Gasteiger partial charge in [0.1, 0.15) is 0 Å². The first-order chi connectivity index (χ1) is 8.74. The molecule has 0 radical (unpaired) electrons. The van der Waals surface area contributed by atoms with Crippen LogP contribution in [0.2, 0.25) is 0 Å². The van der Waals surface area contributed by atoms with Gasteiger partial charge in [-0.15, -0.1) is 11.3 Å². The first-order valence-electron chi connectivity index (χ1n) is 5.73. The van der Waals surface area contributed by atoms with Gasteiger partial charge in [0, 0.05) is 19.1 Å². The number of thiophene rings is 1. The van der Waals surface area contributed by atoms with Crippen molar-refractivity contribution in [2.45, 2.75) is 25.6 Å². The third-order valence-corrected chi connectivity index (χ3v) is 3.97. The van der Waals surface area contributed by atoms with Gasteiger partial charge in [-0.05, 0) is 51.9 Å². The second-order valence-corrected chi connectivity index (χ2v) is 6.19. The highest BCUT2D eigenvalue weighted by molar-refractivity contribution is 9.11. The van der Waals surface area contributed by atoms with E-state index in [4.69, 9.17) is 9.57 Å². The number of halogens is 1. The molecule has 18 heavy (non-hydrogen) atoms. The zero-order valence-corrected chi connectivity index (χ0v) is 12.1. The van der Waals surface area contributed by atoms with Crippen LogP contribution in [0, 0.1) is 0 Å². The molecule has 4 nitrogen and oxygen atoms in total. The molecule has 0 unspecified atom stereocenters. The number of amides is 1. The minimum Gasteiger partial charge on any atom is -0.350 e. The lowest BCUT2D eigenvalue weighted by molar-refractivity contribution is -0.198. The van der Waals surface area contributed by atoms with Gasteiger partial charge in [-0.2, -0.15) is 0 Å². The quantitative estimate of drug-likeness (QED) is 0.681. The number of nitrogens with one attached hydrogen (secondary N) is 1. The van der Waals surface area contributed by atoms with Crippen molar-refractivity contribution in [1.29, 1.82) is 0 Å². The molecule has 0 aliphatic carbocycles. The van der Waals surface area contributed by atoms with E-state index in [1.165, 1.54) is 6.08 Å². The van der Waals surface area contributed by atoms with Gasteiger partial charge in [0.2, 0.25) is 0 Å². The molecule has 1 fully saturated rings. The number of hydroxylamine groups is 1. The summed E-state index contributed by atoms with van der Waals surface area (Å²) in [6, 6.07) is 1.94. The van der Waals surface area contributed by atoms with Crippen molar-refractivity contribution < 1.29 is 14.4 Å². The summed E-state index contributed by atoms with van der Waals surface area (Å²) in [5.41, 5.74) is 3.35. The topological polar surface area (TPSA) is 47.6 Å². The van der Waals surface area contributed by atoms with E-state index in [2.05, 4.69) is 21.4 Å². The third kappa shape index (κ3) is 4.53. The Hall–Kier alpha value is -0.690. The second kappa shape index (κ2) is 7.04. The van der Waals surface area contributed by atoms with Gasteiger partial charge in [-0.25, -0.2) is 10.3 Å². The molecule has 1 aliphatic heterocycles. The van der Waals surface area contributed by atoms with E-state index in [-0.39, 0.29) is 12.2 Å². The molecule has 0 spiro atoms. The molecule has 1 aliphatic rings. The maximum Gasteiger partial charge on any atom is 0.267 e. The van der Waals surface area contributed by atoms with Crippen molar-refractivity contribution in [2.24, 2.45) is 0 Å². The molecule has 0 bridgehead atoms. The Bertz CT molecular complexity index is 427. The fraction of sp³-hybridized carbons (Fsp3) is 0.417. The summed E-state index contributed by atoms with van der Waals surface area (Å²) in [6.07, 6.45) is 5.81. The first-order valence-corrected chi connectivity index (χ1v) is 7.40. The van der Waals surface area contributed by atoms with Gasteiger partial charge in [0.05, 0.1) is 3.79 Å². The Kier molecular flexibility index (Phi) is 5.37. The SMILES string of the molecule is O=C(/C=C\c1csc(Br)c1)NO[C@H]1CCCCO1. The fourth-order valence-electron chi connectivity index (χ4n) is 1.54. The summed E-state index contributed by atoms with van der Waals surface area (Å²) < 4.78 is 6.37. The van der Waals surface area contributed by atoms with Crippen LogP contribution in [0.25, 0.3) is 6.08 Å². The molecular weight excluding hydrogens is 318 g/mol. The van der Waals surface area contributed by atoms with E-state index in [0.29, 0.717) is 6.61 Å². The molecule has 2 heterocycles. The molecule has 6 heteroatoms. The molecule has 1 atom stereocenters. The van der Waals surface area contributed by atoms with Gasteiger partial charge in [-0.1, -0.05) is 0 Å². The van der Waals surface area contributed by atoms with Crippen LogP contribution in [-0.2, 0) is 14.4 Å². The molecule has 2 rings (SSSR count). The first kappa shape index (κ1) is 13.7. The largest absolute Gasteiger partial charge is 0.350 e. The van der Waals surface area contributed by atoms with Crippen LogP contribution in [0.4, 0.5) is 0 Å². The lowest BCUT2D eigenvalue weighted by Crippen LogP contribution is -2.32. The number of ether oxygens (including phenoxy) is 1. The van der Waals surface area contributed by atoms with E-state index in [1.54, 1.807) is 17.4 Å². The van der Waals surface area contributed by atoms with Gasteiger partial charge >= 0.3 is 0 Å². The minimum absolute atomic E-state index is 0.286. The van der Waals surface area contributed by atoms with Crippen LogP contribution >= 0.6 is 27.3 Å². The van der Waals surface area contributed by atoms with Crippen LogP contribution in [0.3, 0.4) is 0 Å². The number of hydrogen-bond donors (Lipinski definition) is 1. The molecule has 1 N–H and O–H groups in total. The van der Waals surface area contributed by atoms with Crippen molar-refractivity contribution >= 4 is 39.2 Å². The smallest absolute Gasteiger partial charge is 0.267 e. The fourth-order valence-corrected chi connectivity index (χ4v) is 2.69. The monoisotopic (exact) mass is 331 g/mol. The van der Waals surface area contributed by atoms with E-state index in [9.17, 15) is 4.79 Å². The van der Waals surface area contributed by atoms with E-state index < -0.39 is 0 Å². The minimum atomic E-state index is -0.314. The number of carbonyl (C=O) groups excluding carboxylic acids is 1. The van der Waals surface area contributed by atoms with E-state index in [0.717, 1.165) is 28.6 Å². The lowest BCUT2D eigenvalue weighted by Gasteiger charge is -2.21. The van der Waals surface area contributed by atoms with Gasteiger partial charge < -0.3 is 4.74 Å². The normalized spacial score (nSPS) is 20.2.